The molecule has 3 rings (SSSR count). The van der Waals surface area contributed by atoms with E-state index in [0.717, 1.165) is 24.8 Å². The zero-order valence-corrected chi connectivity index (χ0v) is 11.8. The molecule has 0 unspecified atom stereocenters. The van der Waals surface area contributed by atoms with E-state index in [1.54, 1.807) is 4.90 Å². The molecule has 1 N–H and O–H groups in total. The highest BCUT2D eigenvalue weighted by Crippen LogP contribution is 2.31. The standard InChI is InChI=1S/C16H21NO3/c1-11-6-7-15(20-11)16(19)17-9-8-12-4-2-3-5-13(12)14(17)10-18/h2-5,11,14-15,18H,6-10H2,1H3/t11-,14+,15+/m1/s1. The van der Waals surface area contributed by atoms with Crippen molar-refractivity contribution < 1.29 is 14.6 Å². The number of hydrogen-bond acceptors (Lipinski definition) is 3. The van der Waals surface area contributed by atoms with Crippen molar-refractivity contribution in [2.75, 3.05) is 13.2 Å². The third-order valence-corrected chi connectivity index (χ3v) is 4.38. The van der Waals surface area contributed by atoms with Gasteiger partial charge in [0.1, 0.15) is 6.10 Å². The van der Waals surface area contributed by atoms with E-state index in [1.807, 2.05) is 25.1 Å². The fraction of sp³-hybridized carbons (Fsp3) is 0.562. The number of carbonyl (C=O) groups excluding carboxylic acids is 1. The SMILES string of the molecule is C[C@@H]1CC[C@@H](C(=O)N2CCc3ccccc3[C@@H]2CO)O1. The molecule has 0 aliphatic carbocycles. The van der Waals surface area contributed by atoms with Crippen molar-refractivity contribution in [1.29, 1.82) is 0 Å². The Balaban J connectivity index is 1.82. The van der Waals surface area contributed by atoms with Crippen molar-refractivity contribution in [3.63, 3.8) is 0 Å². The molecule has 4 heteroatoms. The largest absolute Gasteiger partial charge is 0.394 e. The highest BCUT2D eigenvalue weighted by molar-refractivity contribution is 5.82. The van der Waals surface area contributed by atoms with Gasteiger partial charge in [0.2, 0.25) is 0 Å². The van der Waals surface area contributed by atoms with E-state index in [-0.39, 0.29) is 30.8 Å². The Labute approximate surface area is 119 Å². The van der Waals surface area contributed by atoms with Gasteiger partial charge in [0.15, 0.2) is 0 Å². The lowest BCUT2D eigenvalue weighted by Crippen LogP contribution is -2.46. The van der Waals surface area contributed by atoms with Gasteiger partial charge in [-0.2, -0.15) is 0 Å². The Kier molecular flexibility index (Phi) is 3.76. The molecule has 1 aromatic carbocycles. The fourth-order valence-electron chi connectivity index (χ4n) is 3.28. The minimum atomic E-state index is -0.329. The number of aliphatic hydroxyl groups excluding tert-OH is 1. The number of benzene rings is 1. The van der Waals surface area contributed by atoms with Crippen LogP contribution in [0.3, 0.4) is 0 Å². The summed E-state index contributed by atoms with van der Waals surface area (Å²) in [5.74, 6) is 0.0305. The molecule has 1 aromatic rings. The lowest BCUT2D eigenvalue weighted by atomic mass is 9.92. The van der Waals surface area contributed by atoms with Crippen LogP contribution in [0.15, 0.2) is 24.3 Å². The Morgan fingerprint density at radius 3 is 2.90 bits per heavy atom. The first-order valence-corrected chi connectivity index (χ1v) is 7.35. The third-order valence-electron chi connectivity index (χ3n) is 4.38. The van der Waals surface area contributed by atoms with Crippen molar-refractivity contribution >= 4 is 5.91 Å². The number of amides is 1. The molecule has 0 radical (unpaired) electrons. The van der Waals surface area contributed by atoms with Gasteiger partial charge in [0.25, 0.3) is 5.91 Å². The topological polar surface area (TPSA) is 49.8 Å². The van der Waals surface area contributed by atoms with Crippen LogP contribution in [-0.4, -0.2) is 41.3 Å². The zero-order valence-electron chi connectivity index (χ0n) is 11.8. The minimum Gasteiger partial charge on any atom is -0.394 e. The molecule has 108 valence electrons. The van der Waals surface area contributed by atoms with Gasteiger partial charge in [-0.05, 0) is 37.3 Å². The summed E-state index contributed by atoms with van der Waals surface area (Å²) in [6.45, 7) is 2.63. The average molecular weight is 275 g/mol. The molecule has 4 nitrogen and oxygen atoms in total. The highest BCUT2D eigenvalue weighted by Gasteiger charge is 2.37. The number of hydrogen-bond donors (Lipinski definition) is 1. The summed E-state index contributed by atoms with van der Waals surface area (Å²) in [6, 6.07) is 7.82. The maximum Gasteiger partial charge on any atom is 0.252 e. The quantitative estimate of drug-likeness (QED) is 0.893. The molecule has 0 aromatic heterocycles. The molecule has 20 heavy (non-hydrogen) atoms. The molecule has 2 aliphatic heterocycles. The predicted octanol–water partition coefficient (Wildman–Crippen LogP) is 1.67. The second kappa shape index (κ2) is 5.54. The summed E-state index contributed by atoms with van der Waals surface area (Å²) in [5.41, 5.74) is 2.30. The summed E-state index contributed by atoms with van der Waals surface area (Å²) in [7, 11) is 0. The second-order valence-corrected chi connectivity index (χ2v) is 5.69. The lowest BCUT2D eigenvalue weighted by molar-refractivity contribution is -0.146. The number of rotatable bonds is 2. The number of nitrogens with zero attached hydrogens (tertiary/aromatic N) is 1. The van der Waals surface area contributed by atoms with E-state index in [1.165, 1.54) is 5.56 Å². The van der Waals surface area contributed by atoms with Crippen molar-refractivity contribution in [3.05, 3.63) is 35.4 Å². The number of fused-ring (bicyclic) bond motifs is 1. The minimum absolute atomic E-state index is 0.0305. The van der Waals surface area contributed by atoms with Crippen LogP contribution in [-0.2, 0) is 16.0 Å². The average Bonchev–Trinajstić information content (AvgIpc) is 2.91. The second-order valence-electron chi connectivity index (χ2n) is 5.69. The molecular formula is C16H21NO3. The fourth-order valence-corrected chi connectivity index (χ4v) is 3.28. The van der Waals surface area contributed by atoms with Crippen molar-refractivity contribution in [2.45, 2.75) is 44.4 Å². The van der Waals surface area contributed by atoms with Crippen molar-refractivity contribution in [1.82, 2.24) is 4.90 Å². The van der Waals surface area contributed by atoms with E-state index >= 15 is 0 Å². The lowest BCUT2D eigenvalue weighted by Gasteiger charge is -2.37. The van der Waals surface area contributed by atoms with Gasteiger partial charge in [-0.1, -0.05) is 24.3 Å². The number of aliphatic hydroxyl groups is 1. The number of ether oxygens (including phenoxy) is 1. The van der Waals surface area contributed by atoms with Gasteiger partial charge in [0, 0.05) is 6.54 Å². The Hall–Kier alpha value is -1.39. The maximum absolute atomic E-state index is 12.6. The summed E-state index contributed by atoms with van der Waals surface area (Å²) < 4.78 is 5.68. The molecule has 2 aliphatic rings. The molecule has 3 atom stereocenters. The van der Waals surface area contributed by atoms with Gasteiger partial charge in [-0.15, -0.1) is 0 Å². The van der Waals surface area contributed by atoms with Crippen LogP contribution in [0, 0.1) is 0 Å². The highest BCUT2D eigenvalue weighted by atomic mass is 16.5. The van der Waals surface area contributed by atoms with Crippen molar-refractivity contribution in [2.24, 2.45) is 0 Å². The van der Waals surface area contributed by atoms with Crippen LogP contribution in [0.4, 0.5) is 0 Å². The zero-order chi connectivity index (χ0) is 14.1. The maximum atomic E-state index is 12.6. The first kappa shape index (κ1) is 13.6. The van der Waals surface area contributed by atoms with Crippen LogP contribution >= 0.6 is 0 Å². The molecule has 0 bridgehead atoms. The van der Waals surface area contributed by atoms with E-state index in [2.05, 4.69) is 6.07 Å². The van der Waals surface area contributed by atoms with Gasteiger partial charge >= 0.3 is 0 Å². The van der Waals surface area contributed by atoms with Crippen LogP contribution in [0.2, 0.25) is 0 Å². The van der Waals surface area contributed by atoms with E-state index in [9.17, 15) is 9.90 Å². The summed E-state index contributed by atoms with van der Waals surface area (Å²) in [4.78, 5) is 14.4. The van der Waals surface area contributed by atoms with Crippen LogP contribution in [0.5, 0.6) is 0 Å². The normalized spacial score (nSPS) is 29.3. The first-order valence-electron chi connectivity index (χ1n) is 7.35. The Morgan fingerprint density at radius 1 is 1.40 bits per heavy atom. The summed E-state index contributed by atoms with van der Waals surface area (Å²) >= 11 is 0. The van der Waals surface area contributed by atoms with E-state index < -0.39 is 0 Å². The molecule has 0 saturated carbocycles. The molecule has 1 saturated heterocycles. The molecular weight excluding hydrogens is 254 g/mol. The summed E-state index contributed by atoms with van der Waals surface area (Å²) in [5, 5.41) is 9.72. The van der Waals surface area contributed by atoms with Gasteiger partial charge in [-0.25, -0.2) is 0 Å². The van der Waals surface area contributed by atoms with Crippen LogP contribution in [0.25, 0.3) is 0 Å². The van der Waals surface area contributed by atoms with E-state index in [0.29, 0.717) is 6.54 Å². The number of carbonyl (C=O) groups is 1. The monoisotopic (exact) mass is 275 g/mol. The molecule has 0 spiro atoms. The Morgan fingerprint density at radius 2 is 2.20 bits per heavy atom. The van der Waals surface area contributed by atoms with Gasteiger partial charge < -0.3 is 14.7 Å². The van der Waals surface area contributed by atoms with Crippen molar-refractivity contribution in [3.8, 4) is 0 Å². The summed E-state index contributed by atoms with van der Waals surface area (Å²) in [6.07, 6.45) is 2.40. The smallest absolute Gasteiger partial charge is 0.252 e. The molecule has 2 heterocycles. The Bertz CT molecular complexity index is 502. The molecule has 1 fully saturated rings. The van der Waals surface area contributed by atoms with Crippen LogP contribution in [0.1, 0.15) is 36.9 Å². The van der Waals surface area contributed by atoms with Gasteiger partial charge in [-0.3, -0.25) is 4.79 Å². The van der Waals surface area contributed by atoms with E-state index in [4.69, 9.17) is 4.74 Å². The first-order chi connectivity index (χ1) is 9.70. The predicted molar refractivity (Wildman–Crippen MR) is 75.3 cm³/mol. The van der Waals surface area contributed by atoms with Gasteiger partial charge in [0.05, 0.1) is 18.8 Å². The van der Waals surface area contributed by atoms with Crippen LogP contribution < -0.4 is 0 Å². The third kappa shape index (κ3) is 2.34. The molecule has 1 amide bonds.